The molecule has 2 heteroatoms. The first-order valence-electron chi connectivity index (χ1n) is 7.31. The number of aliphatic hydroxyl groups is 1. The molecule has 0 saturated heterocycles. The van der Waals surface area contributed by atoms with Crippen molar-refractivity contribution in [2.45, 2.75) is 43.3 Å². The molecule has 1 N–H and O–H groups in total. The Morgan fingerprint density at radius 2 is 1.14 bits per heavy atom. The van der Waals surface area contributed by atoms with Gasteiger partial charge in [-0.1, -0.05) is 60.7 Å². The van der Waals surface area contributed by atoms with E-state index in [1.165, 1.54) is 11.1 Å². The van der Waals surface area contributed by atoms with Crippen LogP contribution in [0.1, 0.15) is 44.1 Å². The first-order chi connectivity index (χ1) is 9.81. The molecule has 0 atom stereocenters. The third-order valence-corrected chi connectivity index (χ3v) is 5.96. The largest absolute Gasteiger partial charge is 0.389 e. The van der Waals surface area contributed by atoms with Gasteiger partial charge in [-0.3, -0.25) is 0 Å². The Kier molecular flexibility index (Phi) is 4.80. The maximum Gasteiger partial charge on any atom is 0.0732 e. The molecule has 0 aromatic heterocycles. The summed E-state index contributed by atoms with van der Waals surface area (Å²) in [5.74, 6) is 0. The molecule has 0 aliphatic carbocycles. The molecule has 0 bridgehead atoms. The summed E-state index contributed by atoms with van der Waals surface area (Å²) in [6.07, 6.45) is 0. The SMILES string of the molecule is CC(C)(O)C(C)(C)SC(c1ccccc1)c1ccccc1. The number of rotatable bonds is 5. The highest BCUT2D eigenvalue weighted by molar-refractivity contribution is 8.01. The summed E-state index contributed by atoms with van der Waals surface area (Å²) < 4.78 is -0.261. The van der Waals surface area contributed by atoms with Crippen molar-refractivity contribution in [1.82, 2.24) is 0 Å². The van der Waals surface area contributed by atoms with Gasteiger partial charge in [-0.05, 0) is 38.8 Å². The molecule has 0 aliphatic rings. The Morgan fingerprint density at radius 1 is 0.762 bits per heavy atom. The monoisotopic (exact) mass is 300 g/mol. The molecule has 0 radical (unpaired) electrons. The van der Waals surface area contributed by atoms with Gasteiger partial charge in [0.1, 0.15) is 0 Å². The summed E-state index contributed by atoms with van der Waals surface area (Å²) >= 11 is 1.81. The van der Waals surface area contributed by atoms with Crippen LogP contribution in [-0.2, 0) is 0 Å². The van der Waals surface area contributed by atoms with Crippen molar-refractivity contribution in [3.8, 4) is 0 Å². The fourth-order valence-corrected chi connectivity index (χ4v) is 3.49. The highest BCUT2D eigenvalue weighted by atomic mass is 32.2. The number of benzene rings is 2. The number of hydrogen-bond acceptors (Lipinski definition) is 2. The molecule has 0 fully saturated rings. The minimum atomic E-state index is -0.751. The molecule has 0 aliphatic heterocycles. The summed E-state index contributed by atoms with van der Waals surface area (Å²) in [5, 5.41) is 10.7. The number of thioether (sulfide) groups is 1. The van der Waals surface area contributed by atoms with E-state index in [-0.39, 0.29) is 10.00 Å². The zero-order valence-electron chi connectivity index (χ0n) is 13.2. The maximum absolute atomic E-state index is 10.5. The third-order valence-electron chi connectivity index (χ3n) is 4.09. The third kappa shape index (κ3) is 3.90. The van der Waals surface area contributed by atoms with E-state index < -0.39 is 5.60 Å². The average Bonchev–Trinajstić information content (AvgIpc) is 2.45. The lowest BCUT2D eigenvalue weighted by Crippen LogP contribution is -2.42. The minimum Gasteiger partial charge on any atom is -0.389 e. The van der Waals surface area contributed by atoms with Crippen LogP contribution in [0.25, 0.3) is 0 Å². The molecule has 2 aromatic rings. The second-order valence-corrected chi connectivity index (χ2v) is 8.12. The van der Waals surface area contributed by atoms with Crippen LogP contribution in [0.4, 0.5) is 0 Å². The molecule has 21 heavy (non-hydrogen) atoms. The van der Waals surface area contributed by atoms with Crippen LogP contribution in [0.3, 0.4) is 0 Å². The van der Waals surface area contributed by atoms with E-state index in [0.717, 1.165) is 0 Å². The lowest BCUT2D eigenvalue weighted by atomic mass is 9.94. The predicted molar refractivity (Wildman–Crippen MR) is 92.7 cm³/mol. The molecule has 1 nitrogen and oxygen atoms in total. The van der Waals surface area contributed by atoms with E-state index in [4.69, 9.17) is 0 Å². The average molecular weight is 300 g/mol. The van der Waals surface area contributed by atoms with Gasteiger partial charge in [-0.25, -0.2) is 0 Å². The second-order valence-electron chi connectivity index (χ2n) is 6.39. The van der Waals surface area contributed by atoms with Crippen molar-refractivity contribution in [2.75, 3.05) is 0 Å². The molecular formula is C19H24OS. The summed E-state index contributed by atoms with van der Waals surface area (Å²) in [4.78, 5) is 0. The molecule has 2 aromatic carbocycles. The van der Waals surface area contributed by atoms with Crippen molar-refractivity contribution >= 4 is 11.8 Å². The molecule has 0 saturated carbocycles. The second kappa shape index (κ2) is 6.25. The molecule has 112 valence electrons. The summed E-state index contributed by atoms with van der Waals surface area (Å²) in [5.41, 5.74) is 1.79. The van der Waals surface area contributed by atoms with E-state index in [0.29, 0.717) is 0 Å². The zero-order chi connectivity index (χ0) is 15.5. The van der Waals surface area contributed by atoms with E-state index in [1.807, 2.05) is 37.7 Å². The summed E-state index contributed by atoms with van der Waals surface area (Å²) in [6.45, 7) is 7.98. The van der Waals surface area contributed by atoms with Crippen molar-refractivity contribution in [3.05, 3.63) is 71.8 Å². The lowest BCUT2D eigenvalue weighted by Gasteiger charge is -2.39. The van der Waals surface area contributed by atoms with Crippen molar-refractivity contribution < 1.29 is 5.11 Å². The first kappa shape index (κ1) is 16.1. The molecule has 0 spiro atoms. The lowest BCUT2D eigenvalue weighted by molar-refractivity contribution is 0.0491. The smallest absolute Gasteiger partial charge is 0.0732 e. The van der Waals surface area contributed by atoms with Gasteiger partial charge < -0.3 is 5.11 Å². The van der Waals surface area contributed by atoms with Crippen LogP contribution in [0.5, 0.6) is 0 Å². The van der Waals surface area contributed by atoms with Gasteiger partial charge in [0, 0.05) is 4.75 Å². The summed E-state index contributed by atoms with van der Waals surface area (Å²) in [6, 6.07) is 21.0. The van der Waals surface area contributed by atoms with Gasteiger partial charge in [0.25, 0.3) is 0 Å². The number of hydrogen-bond donors (Lipinski definition) is 1. The van der Waals surface area contributed by atoms with Gasteiger partial charge in [0.2, 0.25) is 0 Å². The van der Waals surface area contributed by atoms with Crippen LogP contribution in [-0.4, -0.2) is 15.5 Å². The van der Waals surface area contributed by atoms with Gasteiger partial charge in [-0.2, -0.15) is 0 Å². The van der Waals surface area contributed by atoms with Gasteiger partial charge >= 0.3 is 0 Å². The van der Waals surface area contributed by atoms with Crippen LogP contribution < -0.4 is 0 Å². The molecule has 0 heterocycles. The fraction of sp³-hybridized carbons (Fsp3) is 0.368. The highest BCUT2D eigenvalue weighted by Crippen LogP contribution is 2.47. The Balaban J connectivity index is 2.39. The fourth-order valence-electron chi connectivity index (χ4n) is 2.02. The van der Waals surface area contributed by atoms with E-state index >= 15 is 0 Å². The van der Waals surface area contributed by atoms with Crippen molar-refractivity contribution in [2.24, 2.45) is 0 Å². The van der Waals surface area contributed by atoms with Gasteiger partial charge in [-0.15, -0.1) is 11.8 Å². The zero-order valence-corrected chi connectivity index (χ0v) is 14.0. The molecule has 0 unspecified atom stereocenters. The Bertz CT molecular complexity index is 516. The molecule has 2 rings (SSSR count). The standard InChI is InChI=1S/C19H24OS/c1-18(2,20)19(3,4)21-17(15-11-7-5-8-12-15)16-13-9-6-10-14-16/h5-14,17,20H,1-4H3. The maximum atomic E-state index is 10.5. The topological polar surface area (TPSA) is 20.2 Å². The normalized spacial score (nSPS) is 12.7. The summed E-state index contributed by atoms with van der Waals surface area (Å²) in [7, 11) is 0. The molecular weight excluding hydrogens is 276 g/mol. The van der Waals surface area contributed by atoms with E-state index in [9.17, 15) is 5.11 Å². The Hall–Kier alpha value is -1.25. The first-order valence-corrected chi connectivity index (χ1v) is 8.19. The van der Waals surface area contributed by atoms with Crippen LogP contribution in [0.15, 0.2) is 60.7 Å². The quantitative estimate of drug-likeness (QED) is 0.833. The Morgan fingerprint density at radius 3 is 1.48 bits per heavy atom. The van der Waals surface area contributed by atoms with Crippen LogP contribution >= 0.6 is 11.8 Å². The highest BCUT2D eigenvalue weighted by Gasteiger charge is 2.38. The van der Waals surface area contributed by atoms with Crippen molar-refractivity contribution in [3.63, 3.8) is 0 Å². The predicted octanol–water partition coefficient (Wildman–Crippen LogP) is 5.06. The van der Waals surface area contributed by atoms with Gasteiger partial charge in [0.15, 0.2) is 0 Å². The van der Waals surface area contributed by atoms with Crippen LogP contribution in [0, 0.1) is 0 Å². The van der Waals surface area contributed by atoms with E-state index in [1.54, 1.807) is 0 Å². The Labute approximate surface area is 132 Å². The molecule has 0 amide bonds. The van der Waals surface area contributed by atoms with Crippen molar-refractivity contribution in [1.29, 1.82) is 0 Å². The van der Waals surface area contributed by atoms with Crippen LogP contribution in [0.2, 0.25) is 0 Å². The van der Waals surface area contributed by atoms with Gasteiger partial charge in [0.05, 0.1) is 10.9 Å². The minimum absolute atomic E-state index is 0.217. The van der Waals surface area contributed by atoms with E-state index in [2.05, 4.69) is 62.4 Å².